The van der Waals surface area contributed by atoms with E-state index in [9.17, 15) is 9.59 Å². The number of fused-ring (bicyclic) bond motifs is 1. The van der Waals surface area contributed by atoms with Gasteiger partial charge in [0.15, 0.2) is 6.10 Å². The van der Waals surface area contributed by atoms with Crippen molar-refractivity contribution >= 4 is 17.6 Å². The molecule has 1 aliphatic heterocycles. The first-order valence-corrected chi connectivity index (χ1v) is 8.26. The number of benzene rings is 1. The van der Waals surface area contributed by atoms with Gasteiger partial charge in [0.25, 0.3) is 11.8 Å². The van der Waals surface area contributed by atoms with Crippen molar-refractivity contribution in [3.05, 3.63) is 59.8 Å². The van der Waals surface area contributed by atoms with Crippen molar-refractivity contribution in [2.75, 3.05) is 18.6 Å². The number of carbonyl (C=O) groups is 2. The number of nitrogens with one attached hydrogen (secondary N) is 1. The third-order valence-electron chi connectivity index (χ3n) is 4.34. The molecule has 0 fully saturated rings. The Kier molecular flexibility index (Phi) is 5.09. The second kappa shape index (κ2) is 7.44. The smallest absolute Gasteiger partial charge is 0.259 e. The Labute approximate surface area is 146 Å². The highest BCUT2D eigenvalue weighted by molar-refractivity contribution is 5.99. The molecule has 0 aliphatic carbocycles. The van der Waals surface area contributed by atoms with Gasteiger partial charge >= 0.3 is 0 Å². The molecular formula is C19H21N3O3. The van der Waals surface area contributed by atoms with Gasteiger partial charge in [-0.3, -0.25) is 14.5 Å². The summed E-state index contributed by atoms with van der Waals surface area (Å²) in [5.74, 6) is 0.250. The minimum absolute atomic E-state index is 0.194. The molecule has 2 atom stereocenters. The van der Waals surface area contributed by atoms with E-state index >= 15 is 0 Å². The van der Waals surface area contributed by atoms with Crippen LogP contribution in [0.1, 0.15) is 22.8 Å². The lowest BCUT2D eigenvalue weighted by molar-refractivity contribution is -0.129. The average Bonchev–Trinajstić information content (AvgIpc) is 3.07. The summed E-state index contributed by atoms with van der Waals surface area (Å²) >= 11 is 0. The van der Waals surface area contributed by atoms with Gasteiger partial charge in [0, 0.05) is 25.4 Å². The van der Waals surface area contributed by atoms with Crippen LogP contribution in [0.4, 0.5) is 5.82 Å². The van der Waals surface area contributed by atoms with Gasteiger partial charge in [-0.2, -0.15) is 0 Å². The van der Waals surface area contributed by atoms with Gasteiger partial charge < -0.3 is 10.1 Å². The summed E-state index contributed by atoms with van der Waals surface area (Å²) in [6.45, 7) is 2.34. The second-order valence-electron chi connectivity index (χ2n) is 6.01. The maximum absolute atomic E-state index is 12.9. The van der Waals surface area contributed by atoms with Crippen LogP contribution in [0.3, 0.4) is 0 Å². The summed E-state index contributed by atoms with van der Waals surface area (Å²) in [5, 5.41) is 2.84. The molecule has 2 amide bonds. The van der Waals surface area contributed by atoms with Crippen LogP contribution in [0, 0.1) is 0 Å². The Bertz CT molecular complexity index is 764. The Morgan fingerprint density at radius 3 is 2.68 bits per heavy atom. The maximum Gasteiger partial charge on any atom is 0.259 e. The van der Waals surface area contributed by atoms with E-state index in [4.69, 9.17) is 4.74 Å². The van der Waals surface area contributed by atoms with Crippen LogP contribution in [-0.2, 0) is 16.0 Å². The first-order valence-electron chi connectivity index (χ1n) is 8.26. The zero-order chi connectivity index (χ0) is 17.8. The highest BCUT2D eigenvalue weighted by Crippen LogP contribution is 2.26. The molecule has 0 radical (unpaired) electrons. The number of nitrogens with zero attached hydrogens (tertiary/aromatic N) is 2. The van der Waals surface area contributed by atoms with Crippen molar-refractivity contribution in [1.29, 1.82) is 0 Å². The van der Waals surface area contributed by atoms with E-state index in [-0.39, 0.29) is 11.8 Å². The summed E-state index contributed by atoms with van der Waals surface area (Å²) in [6.07, 6.45) is 1.67. The highest BCUT2D eigenvalue weighted by Gasteiger charge is 2.34. The fourth-order valence-electron chi connectivity index (χ4n) is 3.05. The predicted molar refractivity (Wildman–Crippen MR) is 94.5 cm³/mol. The van der Waals surface area contributed by atoms with E-state index in [2.05, 4.69) is 10.3 Å². The summed E-state index contributed by atoms with van der Waals surface area (Å²) in [7, 11) is 1.48. The molecule has 0 bridgehead atoms. The zero-order valence-electron chi connectivity index (χ0n) is 14.3. The van der Waals surface area contributed by atoms with Crippen LogP contribution in [0.25, 0.3) is 0 Å². The molecule has 1 N–H and O–H groups in total. The molecule has 1 aromatic carbocycles. The molecule has 0 saturated carbocycles. The molecule has 3 rings (SSSR count). The molecule has 1 aromatic heterocycles. The van der Waals surface area contributed by atoms with E-state index in [1.54, 1.807) is 42.3 Å². The third-order valence-corrected chi connectivity index (χ3v) is 4.34. The fourth-order valence-corrected chi connectivity index (χ4v) is 3.05. The number of pyridine rings is 1. The molecule has 2 heterocycles. The van der Waals surface area contributed by atoms with Crippen molar-refractivity contribution in [3.8, 4) is 0 Å². The molecule has 0 spiro atoms. The van der Waals surface area contributed by atoms with E-state index in [0.29, 0.717) is 17.9 Å². The second-order valence-corrected chi connectivity index (χ2v) is 6.01. The normalized spacial score (nSPS) is 15.4. The first kappa shape index (κ1) is 17.1. The van der Waals surface area contributed by atoms with Crippen LogP contribution in [0.5, 0.6) is 0 Å². The molecule has 130 valence electrons. The molecule has 0 saturated heterocycles. The van der Waals surface area contributed by atoms with E-state index in [1.807, 2.05) is 18.2 Å². The molecule has 6 nitrogen and oxygen atoms in total. The SMILES string of the molecule is CO[C@@H](C(=O)N1CCc2cccnc21)[C@H](C)NC(=O)c1ccccc1. The quantitative estimate of drug-likeness (QED) is 0.902. The number of carbonyl (C=O) groups excluding carboxylic acids is 2. The Morgan fingerprint density at radius 1 is 1.20 bits per heavy atom. The van der Waals surface area contributed by atoms with E-state index in [1.165, 1.54) is 7.11 Å². The number of hydrogen-bond donors (Lipinski definition) is 1. The summed E-state index contributed by atoms with van der Waals surface area (Å²) in [6, 6.07) is 12.3. The number of ether oxygens (including phenoxy) is 1. The summed E-state index contributed by atoms with van der Waals surface area (Å²) < 4.78 is 5.40. The van der Waals surface area contributed by atoms with Crippen molar-refractivity contribution in [2.45, 2.75) is 25.5 Å². The first-order chi connectivity index (χ1) is 12.1. The number of anilines is 1. The van der Waals surface area contributed by atoms with Crippen LogP contribution < -0.4 is 10.2 Å². The van der Waals surface area contributed by atoms with Crippen molar-refractivity contribution in [1.82, 2.24) is 10.3 Å². The van der Waals surface area contributed by atoms with Crippen LogP contribution in [-0.4, -0.2) is 42.6 Å². The highest BCUT2D eigenvalue weighted by atomic mass is 16.5. The van der Waals surface area contributed by atoms with Gasteiger partial charge in [-0.25, -0.2) is 4.98 Å². The molecule has 0 unspecified atom stereocenters. The van der Waals surface area contributed by atoms with Crippen molar-refractivity contribution < 1.29 is 14.3 Å². The Morgan fingerprint density at radius 2 is 1.96 bits per heavy atom. The van der Waals surface area contributed by atoms with Gasteiger partial charge in [0.2, 0.25) is 0 Å². The van der Waals surface area contributed by atoms with Crippen LogP contribution in [0.2, 0.25) is 0 Å². The lowest BCUT2D eigenvalue weighted by atomic mass is 10.1. The van der Waals surface area contributed by atoms with Crippen molar-refractivity contribution in [3.63, 3.8) is 0 Å². The minimum atomic E-state index is -0.777. The van der Waals surface area contributed by atoms with Gasteiger partial charge in [0.05, 0.1) is 6.04 Å². The summed E-state index contributed by atoms with van der Waals surface area (Å²) in [5.41, 5.74) is 1.59. The van der Waals surface area contributed by atoms with E-state index < -0.39 is 12.1 Å². The van der Waals surface area contributed by atoms with Gasteiger partial charge in [-0.15, -0.1) is 0 Å². The third kappa shape index (κ3) is 3.53. The standard InChI is InChI=1S/C19H21N3O3/c1-13(21-18(23)15-7-4-3-5-8-15)16(25-2)19(24)22-12-10-14-9-6-11-20-17(14)22/h3-9,11,13,16H,10,12H2,1-2H3,(H,21,23)/t13-,16+/m0/s1. The Hall–Kier alpha value is -2.73. The van der Waals surface area contributed by atoms with Gasteiger partial charge in [-0.1, -0.05) is 24.3 Å². The molecule has 2 aromatic rings. The maximum atomic E-state index is 12.9. The molecular weight excluding hydrogens is 318 g/mol. The largest absolute Gasteiger partial charge is 0.369 e. The topological polar surface area (TPSA) is 71.5 Å². The van der Waals surface area contributed by atoms with E-state index in [0.717, 1.165) is 12.0 Å². The van der Waals surface area contributed by atoms with Gasteiger partial charge in [0.1, 0.15) is 5.82 Å². The minimum Gasteiger partial charge on any atom is -0.369 e. The van der Waals surface area contributed by atoms with Crippen LogP contribution >= 0.6 is 0 Å². The summed E-state index contributed by atoms with van der Waals surface area (Å²) in [4.78, 5) is 31.2. The van der Waals surface area contributed by atoms with Crippen molar-refractivity contribution in [2.24, 2.45) is 0 Å². The number of aromatic nitrogens is 1. The number of amides is 2. The van der Waals surface area contributed by atoms with Gasteiger partial charge in [-0.05, 0) is 37.1 Å². The monoisotopic (exact) mass is 339 g/mol. The number of hydrogen-bond acceptors (Lipinski definition) is 4. The predicted octanol–water partition coefficient (Wildman–Crippen LogP) is 1.80. The lowest BCUT2D eigenvalue weighted by Crippen LogP contribution is -2.51. The molecule has 6 heteroatoms. The number of rotatable bonds is 5. The lowest BCUT2D eigenvalue weighted by Gasteiger charge is -2.27. The number of methoxy groups -OCH3 is 1. The Balaban J connectivity index is 1.71. The molecule has 1 aliphatic rings. The fraction of sp³-hybridized carbons (Fsp3) is 0.316. The zero-order valence-corrected chi connectivity index (χ0v) is 14.3. The average molecular weight is 339 g/mol. The van der Waals surface area contributed by atoms with Crippen LogP contribution in [0.15, 0.2) is 48.7 Å². The molecule has 25 heavy (non-hydrogen) atoms.